The van der Waals surface area contributed by atoms with Crippen molar-refractivity contribution in [3.8, 4) is 11.3 Å². The van der Waals surface area contributed by atoms with Crippen LogP contribution >= 0.6 is 0 Å². The monoisotopic (exact) mass is 478 g/mol. The first-order valence-corrected chi connectivity index (χ1v) is 12.1. The summed E-state index contributed by atoms with van der Waals surface area (Å²) in [5, 5.41) is 0. The lowest BCUT2D eigenvalue weighted by Crippen LogP contribution is -2.50. The number of fused-ring (bicyclic) bond motifs is 1. The second-order valence-electron chi connectivity index (χ2n) is 10.6. The van der Waals surface area contributed by atoms with E-state index in [2.05, 4.69) is 33.2 Å². The van der Waals surface area contributed by atoms with Gasteiger partial charge in [-0.2, -0.15) is 13.2 Å². The summed E-state index contributed by atoms with van der Waals surface area (Å²) >= 11 is 0. The predicted octanol–water partition coefficient (Wildman–Crippen LogP) is 3.60. The van der Waals surface area contributed by atoms with Crippen molar-refractivity contribution >= 4 is 5.82 Å². The van der Waals surface area contributed by atoms with Gasteiger partial charge in [-0.25, -0.2) is 14.4 Å². The molecule has 4 aliphatic carbocycles. The molecule has 0 spiro atoms. The van der Waals surface area contributed by atoms with Crippen molar-refractivity contribution < 1.29 is 17.6 Å². The van der Waals surface area contributed by atoms with Crippen LogP contribution in [0.25, 0.3) is 11.3 Å². The molecule has 5 aliphatic rings. The smallest absolute Gasteiger partial charge is 0.383 e. The molecule has 34 heavy (non-hydrogen) atoms. The zero-order chi connectivity index (χ0) is 24.0. The Hall–Kier alpha value is -2.20. The number of alkyl halides is 4. The highest BCUT2D eigenvalue weighted by Crippen LogP contribution is 2.89. The molecule has 1 aliphatic heterocycles. The number of nitrogens with zero attached hydrogens (tertiary/aromatic N) is 5. The second kappa shape index (κ2) is 7.40. The van der Waals surface area contributed by atoms with E-state index in [1.54, 1.807) is 0 Å². The fourth-order valence-electron chi connectivity index (χ4n) is 7.02. The molecule has 2 aromatic rings. The van der Waals surface area contributed by atoms with Gasteiger partial charge in [0, 0.05) is 68.6 Å². The Morgan fingerprint density at radius 3 is 2.53 bits per heavy atom. The van der Waals surface area contributed by atoms with E-state index in [9.17, 15) is 17.6 Å². The Labute approximate surface area is 196 Å². The van der Waals surface area contributed by atoms with Gasteiger partial charge in [0.1, 0.15) is 18.3 Å². The van der Waals surface area contributed by atoms with Crippen molar-refractivity contribution in [3.63, 3.8) is 0 Å². The van der Waals surface area contributed by atoms with Gasteiger partial charge in [0.15, 0.2) is 0 Å². The Kier molecular flexibility index (Phi) is 4.85. The summed E-state index contributed by atoms with van der Waals surface area (Å²) in [6, 6.07) is 1.59. The number of rotatable bonds is 6. The second-order valence-corrected chi connectivity index (χ2v) is 10.6. The summed E-state index contributed by atoms with van der Waals surface area (Å²) in [6.45, 7) is 8.13. The molecule has 0 amide bonds. The van der Waals surface area contributed by atoms with E-state index in [1.165, 1.54) is 6.20 Å². The third kappa shape index (κ3) is 3.07. The van der Waals surface area contributed by atoms with Crippen LogP contribution in [-0.4, -0.2) is 69.8 Å². The van der Waals surface area contributed by atoms with Gasteiger partial charge in [-0.1, -0.05) is 13.8 Å². The molecule has 6 nitrogen and oxygen atoms in total. The van der Waals surface area contributed by atoms with Crippen LogP contribution in [0.2, 0.25) is 0 Å². The first kappa shape index (κ1) is 22.3. The van der Waals surface area contributed by atoms with Gasteiger partial charge in [-0.3, -0.25) is 9.80 Å². The molecule has 0 aromatic carbocycles. The molecule has 4 saturated carbocycles. The Morgan fingerprint density at radius 1 is 1.18 bits per heavy atom. The molecule has 5 atom stereocenters. The molecular weight excluding hydrogens is 448 g/mol. The normalized spacial score (nSPS) is 32.9. The molecule has 184 valence electrons. The highest BCUT2D eigenvalue weighted by atomic mass is 19.4. The van der Waals surface area contributed by atoms with Crippen LogP contribution < -0.4 is 5.73 Å². The van der Waals surface area contributed by atoms with Crippen LogP contribution in [0.5, 0.6) is 0 Å². The quantitative estimate of drug-likeness (QED) is 0.643. The molecule has 5 fully saturated rings. The minimum Gasteiger partial charge on any atom is -0.383 e. The Bertz CT molecular complexity index is 1100. The average molecular weight is 479 g/mol. The zero-order valence-electron chi connectivity index (χ0n) is 19.4. The third-order valence-electron chi connectivity index (χ3n) is 8.64. The van der Waals surface area contributed by atoms with E-state index in [0.717, 1.165) is 44.5 Å². The zero-order valence-corrected chi connectivity index (χ0v) is 19.4. The topological polar surface area (TPSA) is 63.2 Å². The van der Waals surface area contributed by atoms with Crippen LogP contribution in [0.15, 0.2) is 18.5 Å². The largest absolute Gasteiger partial charge is 0.419 e. The maximum atomic E-state index is 13.4. The van der Waals surface area contributed by atoms with Crippen molar-refractivity contribution in [1.29, 1.82) is 0 Å². The fraction of sp³-hybridized carbons (Fsp3) is 0.667. The molecule has 2 bridgehead atoms. The van der Waals surface area contributed by atoms with Crippen molar-refractivity contribution in [3.05, 3.63) is 29.8 Å². The van der Waals surface area contributed by atoms with E-state index in [1.807, 2.05) is 6.20 Å². The van der Waals surface area contributed by atoms with Crippen LogP contribution in [0.1, 0.15) is 37.6 Å². The summed E-state index contributed by atoms with van der Waals surface area (Å²) < 4.78 is 55.1. The van der Waals surface area contributed by atoms with E-state index in [4.69, 9.17) is 10.7 Å². The summed E-state index contributed by atoms with van der Waals surface area (Å²) in [4.78, 5) is 13.4. The molecule has 7 rings (SSSR count). The number of imidazole rings is 1. The van der Waals surface area contributed by atoms with Crippen LogP contribution in [-0.2, 0) is 11.7 Å². The van der Waals surface area contributed by atoms with E-state index < -0.39 is 17.6 Å². The lowest BCUT2D eigenvalue weighted by atomic mass is 10.1. The van der Waals surface area contributed by atoms with Gasteiger partial charge in [0.25, 0.3) is 0 Å². The highest BCUT2D eigenvalue weighted by Gasteiger charge is 2.93. The maximum absolute atomic E-state index is 13.4. The van der Waals surface area contributed by atoms with E-state index >= 15 is 0 Å². The Balaban J connectivity index is 1.27. The summed E-state index contributed by atoms with van der Waals surface area (Å²) in [6.07, 6.45) is -0.0825. The van der Waals surface area contributed by atoms with Crippen LogP contribution in [0.3, 0.4) is 0 Å². The predicted molar refractivity (Wildman–Crippen MR) is 120 cm³/mol. The standard InChI is InChI=1S/C24H30F4N6/c1-13(2)22-31-17(14-9-16(24(26,27)28)21(29)30-11-14)12-34(22)23-15-10-18(20(23)19(15)23)33-7-5-32(4-3-25)6-8-33/h9,11-13,15,18-20H,3-8,10H2,1-2H3,(H2,29,30)/t15-,18?,19-,20?,23-/m0/s1. The lowest BCUT2D eigenvalue weighted by molar-refractivity contribution is -0.137. The number of hydrogen-bond acceptors (Lipinski definition) is 5. The number of pyridine rings is 1. The molecule has 10 heteroatoms. The van der Waals surface area contributed by atoms with Gasteiger partial charge >= 0.3 is 6.18 Å². The number of hydrogen-bond donors (Lipinski definition) is 1. The molecule has 1 saturated heterocycles. The van der Waals surface area contributed by atoms with Crippen molar-refractivity contribution in [2.45, 2.75) is 43.9 Å². The van der Waals surface area contributed by atoms with Gasteiger partial charge in [-0.05, 0) is 24.3 Å². The van der Waals surface area contributed by atoms with Crippen molar-refractivity contribution in [1.82, 2.24) is 24.3 Å². The van der Waals surface area contributed by atoms with E-state index in [0.29, 0.717) is 41.6 Å². The minimum atomic E-state index is -4.56. The van der Waals surface area contributed by atoms with Crippen molar-refractivity contribution in [2.24, 2.45) is 17.8 Å². The van der Waals surface area contributed by atoms with Gasteiger partial charge < -0.3 is 10.3 Å². The van der Waals surface area contributed by atoms with Crippen molar-refractivity contribution in [2.75, 3.05) is 45.1 Å². The van der Waals surface area contributed by atoms with Gasteiger partial charge in [0.2, 0.25) is 0 Å². The minimum absolute atomic E-state index is 0.0691. The van der Waals surface area contributed by atoms with Crippen LogP contribution in [0.4, 0.5) is 23.4 Å². The summed E-state index contributed by atoms with van der Waals surface area (Å²) in [5.41, 5.74) is 5.50. The Morgan fingerprint density at radius 2 is 1.91 bits per heavy atom. The summed E-state index contributed by atoms with van der Waals surface area (Å²) in [5.74, 6) is 2.37. The maximum Gasteiger partial charge on any atom is 0.419 e. The van der Waals surface area contributed by atoms with Gasteiger partial charge in [0.05, 0.1) is 16.8 Å². The number of halogens is 4. The summed E-state index contributed by atoms with van der Waals surface area (Å²) in [7, 11) is 0. The number of anilines is 1. The molecule has 2 N–H and O–H groups in total. The fourth-order valence-corrected chi connectivity index (χ4v) is 7.02. The van der Waals surface area contributed by atoms with Crippen LogP contribution in [0, 0.1) is 17.8 Å². The molecule has 2 unspecified atom stereocenters. The molecule has 2 aromatic heterocycles. The first-order valence-electron chi connectivity index (χ1n) is 12.1. The molecular formula is C24H30F4N6. The lowest BCUT2D eigenvalue weighted by Gasteiger charge is -2.38. The van der Waals surface area contributed by atoms with Gasteiger partial charge in [-0.15, -0.1) is 0 Å². The molecule has 3 heterocycles. The SMILES string of the molecule is CC(C)c1nc(-c2cnc(N)c(C(F)(F)F)c2)cn1[C@@]12C3C(N4CCN(CCF)CC4)C[C@H]1[C@@H]32. The average Bonchev–Trinajstić information content (AvgIpc) is 3.35. The highest BCUT2D eigenvalue weighted by molar-refractivity contribution is 5.63. The molecule has 0 radical (unpaired) electrons. The number of aromatic nitrogens is 3. The van der Waals surface area contributed by atoms with E-state index in [-0.39, 0.29) is 18.1 Å². The third-order valence-corrected chi connectivity index (χ3v) is 8.64. The number of nitrogens with two attached hydrogens (primary N) is 1. The number of nitrogen functional groups attached to an aromatic ring is 1. The first-order chi connectivity index (χ1) is 16.2. The number of piperazine rings is 1.